The van der Waals surface area contributed by atoms with Crippen LogP contribution < -0.4 is 20.1 Å². The summed E-state index contributed by atoms with van der Waals surface area (Å²) < 4.78 is 12.1. The fraction of sp³-hybridized carbons (Fsp3) is 0.500. The number of ether oxygens (including phenoxy) is 2. The molecule has 2 aliphatic carbocycles. The van der Waals surface area contributed by atoms with Gasteiger partial charge in [-0.1, -0.05) is 18.2 Å². The summed E-state index contributed by atoms with van der Waals surface area (Å²) in [6.45, 7) is 2.27. The number of aliphatic hydroxyl groups is 1. The molecule has 234 valence electrons. The normalized spacial score (nSPS) is 27.0. The highest BCUT2D eigenvalue weighted by Gasteiger charge is 2.72. The van der Waals surface area contributed by atoms with Crippen molar-refractivity contribution in [3.63, 3.8) is 0 Å². The number of carbonyl (C=O) groups excluding carboxylic acids is 4. The Bertz CT molecular complexity index is 1510. The third kappa shape index (κ3) is 4.76. The second-order valence-corrected chi connectivity index (χ2v) is 12.4. The van der Waals surface area contributed by atoms with E-state index in [1.807, 2.05) is 13.1 Å². The van der Waals surface area contributed by atoms with E-state index in [9.17, 15) is 29.4 Å². The van der Waals surface area contributed by atoms with Gasteiger partial charge in [-0.25, -0.2) is 4.79 Å². The lowest BCUT2D eigenvalue weighted by Crippen LogP contribution is -2.76. The molecule has 0 aromatic heterocycles. The summed E-state index contributed by atoms with van der Waals surface area (Å²) in [4.78, 5) is 54.4. The maximum Gasteiger partial charge on any atom is 0.415 e. The van der Waals surface area contributed by atoms with E-state index >= 15 is 0 Å². The van der Waals surface area contributed by atoms with Gasteiger partial charge in [-0.05, 0) is 62.2 Å². The molecule has 12 heteroatoms. The number of likely N-dealkylation sites (tertiary alicyclic amines) is 1. The average molecular weight is 607 g/mol. The topological polar surface area (TPSA) is 158 Å². The van der Waals surface area contributed by atoms with E-state index in [2.05, 4.69) is 15.5 Å². The molecule has 2 aromatic rings. The quantitative estimate of drug-likeness (QED) is 0.345. The number of phenols is 1. The Hall–Kier alpha value is -4.16. The molecule has 2 bridgehead atoms. The van der Waals surface area contributed by atoms with Gasteiger partial charge in [-0.2, -0.15) is 0 Å². The van der Waals surface area contributed by atoms with Gasteiger partial charge in [-0.3, -0.25) is 14.4 Å². The number of likely N-dealkylation sites (N-methyl/N-ethyl adjacent to an activating group) is 2. The number of hydrogen-bond acceptors (Lipinski definition) is 9. The molecular weight excluding hydrogens is 568 g/mol. The maximum atomic E-state index is 13.1. The predicted octanol–water partition coefficient (Wildman–Crippen LogP) is 1.04. The summed E-state index contributed by atoms with van der Waals surface area (Å²) in [5, 5.41) is 27.0. The summed E-state index contributed by atoms with van der Waals surface area (Å²) >= 11 is 0. The second-order valence-electron chi connectivity index (χ2n) is 12.4. The molecule has 5 atom stereocenters. The molecule has 1 saturated carbocycles. The highest BCUT2D eigenvalue weighted by atomic mass is 16.6. The third-order valence-electron chi connectivity index (χ3n) is 9.84. The number of nitrogens with zero attached hydrogens (tertiary/aromatic N) is 2. The molecule has 0 unspecified atom stereocenters. The molecule has 2 fully saturated rings. The van der Waals surface area contributed by atoms with Crippen molar-refractivity contribution in [2.24, 2.45) is 0 Å². The molecule has 2 aliphatic heterocycles. The van der Waals surface area contributed by atoms with Crippen LogP contribution in [0.3, 0.4) is 0 Å². The maximum absolute atomic E-state index is 13.1. The van der Waals surface area contributed by atoms with Crippen molar-refractivity contribution in [2.45, 2.75) is 68.2 Å². The van der Waals surface area contributed by atoms with E-state index in [4.69, 9.17) is 9.47 Å². The van der Waals surface area contributed by atoms with Crippen LogP contribution in [0.4, 0.5) is 4.79 Å². The second kappa shape index (κ2) is 11.1. The Morgan fingerprint density at radius 3 is 2.66 bits per heavy atom. The zero-order valence-electron chi connectivity index (χ0n) is 25.1. The molecule has 6 rings (SSSR count). The van der Waals surface area contributed by atoms with Crippen LogP contribution in [0.25, 0.3) is 0 Å². The van der Waals surface area contributed by atoms with Crippen molar-refractivity contribution in [2.75, 3.05) is 33.7 Å². The Morgan fingerprint density at radius 2 is 1.93 bits per heavy atom. The first-order chi connectivity index (χ1) is 20.9. The first-order valence-electron chi connectivity index (χ1n) is 15.0. The first-order valence-corrected chi connectivity index (χ1v) is 15.0. The summed E-state index contributed by atoms with van der Waals surface area (Å²) in [5.74, 6) is -0.173. The molecule has 4 N–H and O–H groups in total. The number of ketones is 1. The lowest BCUT2D eigenvalue weighted by Gasteiger charge is -2.62. The van der Waals surface area contributed by atoms with Gasteiger partial charge in [0.15, 0.2) is 23.4 Å². The minimum Gasteiger partial charge on any atom is -0.508 e. The van der Waals surface area contributed by atoms with E-state index in [0.29, 0.717) is 25.0 Å². The molecule has 1 spiro atoms. The number of hydrogen-bond donors (Lipinski definition) is 4. The van der Waals surface area contributed by atoms with Gasteiger partial charge in [0.25, 0.3) is 0 Å². The molecule has 4 aliphatic rings. The van der Waals surface area contributed by atoms with Crippen molar-refractivity contribution in [1.82, 2.24) is 20.4 Å². The van der Waals surface area contributed by atoms with Crippen LogP contribution in [0.1, 0.15) is 42.9 Å². The van der Waals surface area contributed by atoms with Crippen LogP contribution in [-0.4, -0.2) is 101 Å². The van der Waals surface area contributed by atoms with Crippen molar-refractivity contribution in [1.29, 1.82) is 0 Å². The van der Waals surface area contributed by atoms with Crippen LogP contribution >= 0.6 is 0 Å². The van der Waals surface area contributed by atoms with Crippen LogP contribution in [0.15, 0.2) is 36.4 Å². The van der Waals surface area contributed by atoms with Gasteiger partial charge in [0.1, 0.15) is 11.8 Å². The van der Waals surface area contributed by atoms with E-state index < -0.39 is 35.2 Å². The molecule has 12 nitrogen and oxygen atoms in total. The van der Waals surface area contributed by atoms with E-state index in [1.165, 1.54) is 31.0 Å². The fourth-order valence-corrected chi connectivity index (χ4v) is 7.66. The van der Waals surface area contributed by atoms with Crippen molar-refractivity contribution in [3.8, 4) is 17.2 Å². The number of aromatic hydroxyl groups is 1. The number of amides is 3. The number of rotatable bonds is 8. The highest BCUT2D eigenvalue weighted by Crippen LogP contribution is 2.64. The molecule has 0 radical (unpaired) electrons. The average Bonchev–Trinajstić information content (AvgIpc) is 3.34. The summed E-state index contributed by atoms with van der Waals surface area (Å²) in [6, 6.07) is 8.98. The number of nitrogens with one attached hydrogen (secondary N) is 2. The summed E-state index contributed by atoms with van der Waals surface area (Å²) in [5.41, 5.74) is 0.556. The van der Waals surface area contributed by atoms with Gasteiger partial charge in [0.05, 0.1) is 11.0 Å². The smallest absolute Gasteiger partial charge is 0.415 e. The molecule has 2 aromatic carbocycles. The number of phenolic OH excluding ortho intramolecular Hbond substituents is 1. The Balaban J connectivity index is 1.13. The minimum atomic E-state index is -1.12. The number of benzene rings is 2. The monoisotopic (exact) mass is 606 g/mol. The van der Waals surface area contributed by atoms with Gasteiger partial charge < -0.3 is 40.1 Å². The largest absolute Gasteiger partial charge is 0.508 e. The van der Waals surface area contributed by atoms with E-state index in [0.717, 1.165) is 23.2 Å². The first kappa shape index (κ1) is 29.9. The number of piperidine rings is 1. The number of carbonyl (C=O) groups is 4. The highest BCUT2D eigenvalue weighted by molar-refractivity contribution is 5.90. The van der Waals surface area contributed by atoms with Gasteiger partial charge >= 0.3 is 6.09 Å². The minimum absolute atomic E-state index is 0.0462. The fourth-order valence-electron chi connectivity index (χ4n) is 7.66. The van der Waals surface area contributed by atoms with Gasteiger partial charge in [0, 0.05) is 51.5 Å². The lowest BCUT2D eigenvalue weighted by atomic mass is 9.49. The Kier molecular flexibility index (Phi) is 7.53. The van der Waals surface area contributed by atoms with Crippen LogP contribution in [0.5, 0.6) is 17.2 Å². The summed E-state index contributed by atoms with van der Waals surface area (Å²) in [6.07, 6.45) is 0.512. The SMILES string of the molecule is CC(=O)N[C@@H](Cc1ccc(O)cc1)C(=O)NCCN(C)C(=O)Oc1ccc2c3c1O[C@H]1C(=O)CC[C@@]4(O)[C@@H](C2)N(C)CC[C@]314. The van der Waals surface area contributed by atoms with E-state index in [1.54, 1.807) is 18.2 Å². The zero-order valence-corrected chi connectivity index (χ0v) is 25.1. The van der Waals surface area contributed by atoms with Crippen LogP contribution in [0, 0.1) is 0 Å². The molecule has 1 saturated heterocycles. The molecule has 2 heterocycles. The van der Waals surface area contributed by atoms with Crippen molar-refractivity contribution in [3.05, 3.63) is 53.1 Å². The van der Waals surface area contributed by atoms with Crippen LogP contribution in [0.2, 0.25) is 0 Å². The Morgan fingerprint density at radius 1 is 1.18 bits per heavy atom. The third-order valence-corrected chi connectivity index (χ3v) is 9.84. The van der Waals surface area contributed by atoms with Gasteiger partial charge in [0.2, 0.25) is 11.8 Å². The van der Waals surface area contributed by atoms with Crippen molar-refractivity contribution >= 4 is 23.7 Å². The summed E-state index contributed by atoms with van der Waals surface area (Å²) in [7, 11) is 3.55. The van der Waals surface area contributed by atoms with Crippen LogP contribution in [-0.2, 0) is 32.6 Å². The zero-order chi connectivity index (χ0) is 31.4. The standard InChI is InChI=1S/C32H38N4O8/c1-18(37)34-22(16-19-4-7-21(38)8-5-19)29(40)33-13-15-36(3)30(41)43-24-9-6-20-17-25-32(42)11-10-23(39)28-31(32,12-14-35(25)2)26(20)27(24)44-28/h4-9,22,25,28,38,42H,10-17H2,1-3H3,(H,33,40)(H,34,37)/t22-,25+,28-,31-,32+/m0/s1. The van der Waals surface area contributed by atoms with Crippen molar-refractivity contribution < 1.29 is 38.9 Å². The molecular formula is C32H38N4O8. The Labute approximate surface area is 255 Å². The lowest BCUT2D eigenvalue weighted by molar-refractivity contribution is -0.185. The molecule has 3 amide bonds. The molecule has 44 heavy (non-hydrogen) atoms. The van der Waals surface area contributed by atoms with Gasteiger partial charge in [-0.15, -0.1) is 0 Å². The van der Waals surface area contributed by atoms with E-state index in [-0.39, 0.29) is 55.2 Å². The number of Topliss-reactive ketones (excluding diaryl/α,β-unsaturated/α-hetero) is 1. The predicted molar refractivity (Wildman–Crippen MR) is 158 cm³/mol.